The molecule has 0 aliphatic heterocycles. The summed E-state index contributed by atoms with van der Waals surface area (Å²) in [5, 5.41) is 2.98. The van der Waals surface area contributed by atoms with E-state index in [0.29, 0.717) is 12.1 Å². The Morgan fingerprint density at radius 3 is 2.31 bits per heavy atom. The zero-order chi connectivity index (χ0) is 22.0. The van der Waals surface area contributed by atoms with Crippen molar-refractivity contribution in [1.29, 1.82) is 0 Å². The molecule has 168 valence electrons. The highest BCUT2D eigenvalue weighted by molar-refractivity contribution is 7.22. The molecule has 6 heteroatoms. The van der Waals surface area contributed by atoms with Crippen LogP contribution in [0.1, 0.15) is 35.3 Å². The van der Waals surface area contributed by atoms with Crippen LogP contribution in [0.2, 0.25) is 0 Å². The first kappa shape index (κ1) is 24.2. The van der Waals surface area contributed by atoms with Crippen molar-refractivity contribution in [2.75, 3.05) is 31.1 Å². The van der Waals surface area contributed by atoms with Crippen LogP contribution in [-0.4, -0.2) is 42.0 Å². The Morgan fingerprint density at radius 1 is 0.906 bits per heavy atom. The minimum absolute atomic E-state index is 0. The maximum absolute atomic E-state index is 13.7. The number of carbonyl (C=O) groups is 1. The lowest BCUT2D eigenvalue weighted by Crippen LogP contribution is -2.38. The highest BCUT2D eigenvalue weighted by Crippen LogP contribution is 2.32. The summed E-state index contributed by atoms with van der Waals surface area (Å²) in [5.74, 6) is 0.00501. The third-order valence-corrected chi connectivity index (χ3v) is 7.04. The van der Waals surface area contributed by atoms with E-state index in [0.717, 1.165) is 45.8 Å². The van der Waals surface area contributed by atoms with E-state index in [4.69, 9.17) is 4.98 Å². The number of hydrogen-bond acceptors (Lipinski definition) is 4. The molecule has 3 aromatic carbocycles. The average Bonchev–Trinajstić information content (AvgIpc) is 3.18. The van der Waals surface area contributed by atoms with Crippen molar-refractivity contribution in [2.24, 2.45) is 0 Å². The molecule has 0 atom stereocenters. The first-order valence-electron chi connectivity index (χ1n) is 10.9. The normalized spacial score (nSPS) is 11.2. The van der Waals surface area contributed by atoms with Crippen LogP contribution < -0.4 is 4.90 Å². The fourth-order valence-corrected chi connectivity index (χ4v) is 4.90. The second kappa shape index (κ2) is 10.4. The number of amides is 1. The van der Waals surface area contributed by atoms with Crippen molar-refractivity contribution in [2.45, 2.75) is 27.7 Å². The molecule has 0 N–H and O–H groups in total. The predicted molar refractivity (Wildman–Crippen MR) is 140 cm³/mol. The van der Waals surface area contributed by atoms with E-state index in [-0.39, 0.29) is 18.3 Å². The topological polar surface area (TPSA) is 36.4 Å². The molecule has 0 bridgehead atoms. The number of aromatic nitrogens is 1. The predicted octanol–water partition coefficient (Wildman–Crippen LogP) is 6.48. The van der Waals surface area contributed by atoms with Crippen LogP contribution in [0.25, 0.3) is 21.0 Å². The molecule has 4 aromatic rings. The second-order valence-corrected chi connectivity index (χ2v) is 8.96. The van der Waals surface area contributed by atoms with Crippen molar-refractivity contribution < 1.29 is 4.79 Å². The van der Waals surface area contributed by atoms with Crippen molar-refractivity contribution in [3.8, 4) is 0 Å². The minimum Gasteiger partial charge on any atom is -0.302 e. The van der Waals surface area contributed by atoms with Crippen LogP contribution in [0.3, 0.4) is 0 Å². The van der Waals surface area contributed by atoms with E-state index in [2.05, 4.69) is 56.9 Å². The smallest absolute Gasteiger partial charge is 0.260 e. The average molecular weight is 468 g/mol. The molecule has 0 aliphatic carbocycles. The number of benzene rings is 3. The summed E-state index contributed by atoms with van der Waals surface area (Å²) in [6.45, 7) is 11.9. The highest BCUT2D eigenvalue weighted by atomic mass is 35.5. The molecule has 0 saturated carbocycles. The number of anilines is 1. The molecule has 4 rings (SSSR count). The summed E-state index contributed by atoms with van der Waals surface area (Å²) < 4.78 is 1.12. The van der Waals surface area contributed by atoms with E-state index in [1.807, 2.05) is 35.2 Å². The first-order chi connectivity index (χ1) is 15.0. The van der Waals surface area contributed by atoms with Gasteiger partial charge in [0.15, 0.2) is 5.13 Å². The van der Waals surface area contributed by atoms with Crippen LogP contribution in [0.5, 0.6) is 0 Å². The molecule has 0 spiro atoms. The quantitative estimate of drug-likeness (QED) is 0.312. The number of fused-ring (bicyclic) bond motifs is 2. The van der Waals surface area contributed by atoms with Gasteiger partial charge in [-0.25, -0.2) is 4.98 Å². The Kier molecular flexibility index (Phi) is 7.88. The molecule has 32 heavy (non-hydrogen) atoms. The van der Waals surface area contributed by atoms with E-state index >= 15 is 0 Å². The van der Waals surface area contributed by atoms with Gasteiger partial charge in [-0.05, 0) is 73.1 Å². The molecule has 0 radical (unpaired) electrons. The van der Waals surface area contributed by atoms with Crippen LogP contribution in [0, 0.1) is 13.8 Å². The molecule has 4 nitrogen and oxygen atoms in total. The zero-order valence-corrected chi connectivity index (χ0v) is 20.7. The Bertz CT molecular complexity index is 1190. The SMILES string of the molecule is CCN(CC)CCN(C(=O)c1ccc2ccccc2c1)c1nc2cc(C)c(C)cc2s1.Cl. The summed E-state index contributed by atoms with van der Waals surface area (Å²) in [5.41, 5.74) is 4.13. The lowest BCUT2D eigenvalue weighted by Gasteiger charge is -2.24. The van der Waals surface area contributed by atoms with E-state index < -0.39 is 0 Å². The number of rotatable bonds is 7. The summed E-state index contributed by atoms with van der Waals surface area (Å²) in [6.07, 6.45) is 0. The van der Waals surface area contributed by atoms with E-state index in [1.165, 1.54) is 11.1 Å². The van der Waals surface area contributed by atoms with Crippen LogP contribution >= 0.6 is 23.7 Å². The fraction of sp³-hybridized carbons (Fsp3) is 0.308. The summed E-state index contributed by atoms with van der Waals surface area (Å²) in [4.78, 5) is 22.7. The Balaban J connectivity index is 0.00000289. The van der Waals surface area contributed by atoms with Gasteiger partial charge in [-0.15, -0.1) is 12.4 Å². The summed E-state index contributed by atoms with van der Waals surface area (Å²) in [7, 11) is 0. The highest BCUT2D eigenvalue weighted by Gasteiger charge is 2.22. The van der Waals surface area contributed by atoms with Crippen LogP contribution in [0.4, 0.5) is 5.13 Å². The monoisotopic (exact) mass is 467 g/mol. The van der Waals surface area contributed by atoms with Gasteiger partial charge in [0.1, 0.15) is 0 Å². The lowest BCUT2D eigenvalue weighted by molar-refractivity contribution is 0.0984. The molecule has 0 saturated heterocycles. The Labute approximate surface area is 200 Å². The first-order valence-corrected chi connectivity index (χ1v) is 11.7. The maximum Gasteiger partial charge on any atom is 0.260 e. The number of thiazole rings is 1. The number of aryl methyl sites for hydroxylation is 2. The van der Waals surface area contributed by atoms with Crippen molar-refractivity contribution in [1.82, 2.24) is 9.88 Å². The van der Waals surface area contributed by atoms with Crippen molar-refractivity contribution in [3.63, 3.8) is 0 Å². The maximum atomic E-state index is 13.7. The van der Waals surface area contributed by atoms with Crippen molar-refractivity contribution >= 4 is 55.8 Å². The standard InChI is InChI=1S/C26H29N3OS.ClH/c1-5-28(6-2)13-14-29(26-27-23-15-18(3)19(4)16-24(23)31-26)25(30)22-12-11-20-9-7-8-10-21(20)17-22;/h7-12,15-17H,5-6,13-14H2,1-4H3;1H. The molecular weight excluding hydrogens is 438 g/mol. The third kappa shape index (κ3) is 4.96. The zero-order valence-electron chi connectivity index (χ0n) is 19.1. The largest absolute Gasteiger partial charge is 0.302 e. The van der Waals surface area contributed by atoms with Gasteiger partial charge in [-0.1, -0.05) is 55.5 Å². The van der Waals surface area contributed by atoms with Gasteiger partial charge in [-0.3, -0.25) is 9.69 Å². The van der Waals surface area contributed by atoms with E-state index in [9.17, 15) is 4.79 Å². The lowest BCUT2D eigenvalue weighted by atomic mass is 10.1. The van der Waals surface area contributed by atoms with Gasteiger partial charge in [0.25, 0.3) is 5.91 Å². The molecule has 0 unspecified atom stereocenters. The van der Waals surface area contributed by atoms with Crippen LogP contribution in [-0.2, 0) is 0 Å². The molecular formula is C26H30ClN3OS. The van der Waals surface area contributed by atoms with Crippen molar-refractivity contribution in [3.05, 3.63) is 71.3 Å². The molecule has 1 heterocycles. The van der Waals surface area contributed by atoms with Gasteiger partial charge in [0, 0.05) is 18.7 Å². The number of carbonyl (C=O) groups excluding carboxylic acids is 1. The van der Waals surface area contributed by atoms with Gasteiger partial charge in [0.05, 0.1) is 10.2 Å². The number of halogens is 1. The molecule has 1 amide bonds. The second-order valence-electron chi connectivity index (χ2n) is 7.95. The van der Waals surface area contributed by atoms with Gasteiger partial charge in [-0.2, -0.15) is 0 Å². The number of hydrogen-bond donors (Lipinski definition) is 0. The van der Waals surface area contributed by atoms with Gasteiger partial charge < -0.3 is 4.90 Å². The number of likely N-dealkylation sites (N-methyl/N-ethyl adjacent to an activating group) is 1. The third-order valence-electron chi connectivity index (χ3n) is 6.00. The molecule has 1 aromatic heterocycles. The molecule has 0 aliphatic rings. The van der Waals surface area contributed by atoms with Gasteiger partial charge in [0.2, 0.25) is 0 Å². The fourth-order valence-electron chi connectivity index (χ4n) is 3.83. The minimum atomic E-state index is 0. The molecule has 0 fully saturated rings. The summed E-state index contributed by atoms with van der Waals surface area (Å²) >= 11 is 1.60. The van der Waals surface area contributed by atoms with Crippen LogP contribution in [0.15, 0.2) is 54.6 Å². The number of nitrogens with zero attached hydrogens (tertiary/aromatic N) is 3. The van der Waals surface area contributed by atoms with Gasteiger partial charge >= 0.3 is 0 Å². The summed E-state index contributed by atoms with van der Waals surface area (Å²) in [6, 6.07) is 18.4. The Hall–Kier alpha value is -2.47. The van der Waals surface area contributed by atoms with E-state index in [1.54, 1.807) is 11.3 Å². The Morgan fingerprint density at radius 2 is 1.59 bits per heavy atom.